The zero-order valence-corrected chi connectivity index (χ0v) is 29.8. The summed E-state index contributed by atoms with van der Waals surface area (Å²) >= 11 is 0.191. The van der Waals surface area contributed by atoms with Crippen LogP contribution in [0.1, 0.15) is 43.3 Å². The van der Waals surface area contributed by atoms with Gasteiger partial charge in [-0.15, -0.1) is 11.8 Å². The number of likely N-dealkylation sites (tertiary alicyclic amines) is 1. The van der Waals surface area contributed by atoms with Crippen molar-refractivity contribution in [3.05, 3.63) is 135 Å². The summed E-state index contributed by atoms with van der Waals surface area (Å²) in [6.45, 7) is 3.19. The molecule has 1 fully saturated rings. The molecule has 0 saturated carbocycles. The van der Waals surface area contributed by atoms with Gasteiger partial charge in [-0.1, -0.05) is 54.6 Å². The average molecular weight is 756 g/mol. The van der Waals surface area contributed by atoms with Gasteiger partial charge in [0.25, 0.3) is 0 Å². The second kappa shape index (κ2) is 16.7. The molecule has 1 aliphatic rings. The number of alkyl halides is 3. The Hall–Kier alpha value is -4.52. The van der Waals surface area contributed by atoms with Crippen LogP contribution in [-0.4, -0.2) is 59.7 Å². The van der Waals surface area contributed by atoms with Crippen LogP contribution in [0.5, 0.6) is 0 Å². The van der Waals surface area contributed by atoms with Crippen LogP contribution < -0.4 is 5.43 Å². The van der Waals surface area contributed by atoms with Crippen LogP contribution in [-0.2, 0) is 34.5 Å². The van der Waals surface area contributed by atoms with E-state index in [1.165, 1.54) is 19.1 Å². The quantitative estimate of drug-likeness (QED) is 0.0943. The fraction of sp³-hybridized carbons (Fsp3) is 0.317. The number of carbonyl (C=O) groups excluding carboxylic acids is 1. The monoisotopic (exact) mass is 755 g/mol. The minimum Gasteiger partial charge on any atom is -0.383 e. The topological polar surface area (TPSA) is 54.8 Å². The molecule has 4 aromatic carbocycles. The molecule has 0 radical (unpaired) electrons. The van der Waals surface area contributed by atoms with Crippen molar-refractivity contribution in [1.29, 1.82) is 0 Å². The van der Waals surface area contributed by atoms with Crippen LogP contribution in [0.3, 0.4) is 0 Å². The third kappa shape index (κ3) is 9.17. The predicted molar refractivity (Wildman–Crippen MR) is 198 cm³/mol. The van der Waals surface area contributed by atoms with Gasteiger partial charge in [-0.2, -0.15) is 13.2 Å². The van der Waals surface area contributed by atoms with E-state index >= 15 is 4.39 Å². The molecule has 2 heterocycles. The maximum absolute atomic E-state index is 15.0. The van der Waals surface area contributed by atoms with Crippen molar-refractivity contribution in [2.24, 2.45) is 0 Å². The third-order valence-electron chi connectivity index (χ3n) is 9.17. The van der Waals surface area contributed by atoms with E-state index in [4.69, 9.17) is 13.0 Å². The molecule has 0 unspecified atom stereocenters. The number of halogens is 5. The number of aromatic nitrogens is 1. The van der Waals surface area contributed by atoms with Gasteiger partial charge in [0.1, 0.15) is 6.54 Å². The Morgan fingerprint density at radius 1 is 1.00 bits per heavy atom. The van der Waals surface area contributed by atoms with Gasteiger partial charge >= 0.3 is 6.18 Å². The average Bonchev–Trinajstić information content (AvgIpc) is 3.21. The summed E-state index contributed by atoms with van der Waals surface area (Å²) in [6.07, 6.45) is -3.40. The van der Waals surface area contributed by atoms with E-state index in [1.54, 1.807) is 36.3 Å². The zero-order chi connectivity index (χ0) is 43.0. The van der Waals surface area contributed by atoms with Crippen LogP contribution in [0, 0.1) is 18.6 Å². The Morgan fingerprint density at radius 3 is 2.34 bits per heavy atom. The Bertz CT molecular complexity index is 2430. The summed E-state index contributed by atoms with van der Waals surface area (Å²) < 4.78 is 128. The summed E-state index contributed by atoms with van der Waals surface area (Å²) in [5, 5.41) is -0.952. The van der Waals surface area contributed by atoms with Crippen molar-refractivity contribution in [3.63, 3.8) is 0 Å². The van der Waals surface area contributed by atoms with Crippen molar-refractivity contribution >= 4 is 28.6 Å². The molecule has 0 N–H and O–H groups in total. The standard InChI is InChI=1S/C41H40F5N3O3S/c1-27-6-15-34-36(22-27)49(39(23-37(34)50)53-26-31-4-3-5-35(42)40(31)43)25-38(51)48(33-16-18-47(19-17-33)20-21-52-2)24-28-7-9-29(10-8-28)30-11-13-32(14-12-30)41(44,45)46/h3-15,22-23,33H,16-21,24-26H2,1-2H3/i6D,15D,22D,23D,26D2. The van der Waals surface area contributed by atoms with E-state index in [-0.39, 0.29) is 35.4 Å². The first-order chi connectivity index (χ1) is 27.8. The number of amides is 1. The maximum Gasteiger partial charge on any atom is 0.416 e. The molecule has 1 amide bonds. The van der Waals surface area contributed by atoms with E-state index in [0.717, 1.165) is 34.9 Å². The van der Waals surface area contributed by atoms with E-state index < -0.39 is 87.1 Å². The second-order valence-electron chi connectivity index (χ2n) is 12.7. The molecule has 0 bridgehead atoms. The largest absolute Gasteiger partial charge is 0.416 e. The van der Waals surface area contributed by atoms with Crippen molar-refractivity contribution in [1.82, 2.24) is 14.4 Å². The van der Waals surface area contributed by atoms with Crippen molar-refractivity contribution in [3.8, 4) is 11.1 Å². The molecular formula is C41H40F5N3O3S. The number of piperidine rings is 1. The number of carbonyl (C=O) groups is 1. The van der Waals surface area contributed by atoms with Gasteiger partial charge in [0.05, 0.1) is 28.2 Å². The third-order valence-corrected chi connectivity index (χ3v) is 10.0. The smallest absolute Gasteiger partial charge is 0.383 e. The molecule has 1 saturated heterocycles. The SMILES string of the molecule is [2H]c1c(C)c([2H])c2c(c1[2H])c(=O)c([2H])c(SC([2H])([2H])c1cccc(F)c1F)n2CC(=O)N(Cc1ccc(-c2ccc(C(F)(F)F)cc2)cc1)C1CCN(CCOC)CC1. The van der Waals surface area contributed by atoms with Crippen molar-refractivity contribution in [2.45, 2.75) is 55.8 Å². The number of hydrogen-bond donors (Lipinski definition) is 0. The lowest BCUT2D eigenvalue weighted by Gasteiger charge is -2.39. The van der Waals surface area contributed by atoms with Gasteiger partial charge in [-0.25, -0.2) is 8.78 Å². The number of rotatable bonds is 12. The fourth-order valence-electron chi connectivity index (χ4n) is 6.27. The van der Waals surface area contributed by atoms with Gasteiger partial charge in [-0.05, 0) is 72.3 Å². The minimum atomic E-state index is -4.48. The molecule has 12 heteroatoms. The van der Waals surface area contributed by atoms with E-state index in [9.17, 15) is 27.2 Å². The molecule has 6 nitrogen and oxygen atoms in total. The molecule has 1 aromatic heterocycles. The highest BCUT2D eigenvalue weighted by Crippen LogP contribution is 2.32. The number of hydrogen-bond acceptors (Lipinski definition) is 5. The van der Waals surface area contributed by atoms with Crippen LogP contribution in [0.25, 0.3) is 22.0 Å². The van der Waals surface area contributed by atoms with Crippen LogP contribution in [0.4, 0.5) is 22.0 Å². The lowest BCUT2D eigenvalue weighted by molar-refractivity contribution is -0.137. The van der Waals surface area contributed by atoms with E-state index in [2.05, 4.69) is 4.90 Å². The molecule has 0 atom stereocenters. The van der Waals surface area contributed by atoms with Crippen LogP contribution >= 0.6 is 11.8 Å². The minimum absolute atomic E-state index is 0.00983. The molecule has 278 valence electrons. The number of fused-ring (bicyclic) bond motifs is 1. The Labute approximate surface area is 317 Å². The summed E-state index contributed by atoms with van der Waals surface area (Å²) in [5.74, 6) is -3.38. The molecule has 1 aliphatic heterocycles. The Kier molecular flexibility index (Phi) is 9.71. The Balaban J connectivity index is 1.43. The number of thioether (sulfide) groups is 1. The zero-order valence-electron chi connectivity index (χ0n) is 34.9. The number of benzene rings is 4. The fourth-order valence-corrected chi connectivity index (χ4v) is 7.05. The van der Waals surface area contributed by atoms with Crippen LogP contribution in [0.2, 0.25) is 0 Å². The summed E-state index contributed by atoms with van der Waals surface area (Å²) in [6, 6.07) is 12.0. The molecule has 6 rings (SSSR count). The van der Waals surface area contributed by atoms with Gasteiger partial charge in [0.15, 0.2) is 17.1 Å². The number of nitrogens with zero attached hydrogens (tertiary/aromatic N) is 3. The molecule has 53 heavy (non-hydrogen) atoms. The lowest BCUT2D eigenvalue weighted by Crippen LogP contribution is -2.48. The van der Waals surface area contributed by atoms with Gasteiger partial charge < -0.3 is 19.1 Å². The van der Waals surface area contributed by atoms with Crippen molar-refractivity contribution < 1.29 is 39.7 Å². The number of methoxy groups -OCH3 is 1. The summed E-state index contributed by atoms with van der Waals surface area (Å²) in [4.78, 5) is 32.4. The highest BCUT2D eigenvalue weighted by Gasteiger charge is 2.31. The maximum atomic E-state index is 15.0. The normalized spacial score (nSPS) is 16.1. The first-order valence-corrected chi connectivity index (χ1v) is 17.7. The lowest BCUT2D eigenvalue weighted by atomic mass is 10.00. The Morgan fingerprint density at radius 2 is 1.68 bits per heavy atom. The molecule has 5 aromatic rings. The highest BCUT2D eigenvalue weighted by atomic mass is 32.2. The van der Waals surface area contributed by atoms with Gasteiger partial charge in [-0.3, -0.25) is 9.59 Å². The van der Waals surface area contributed by atoms with Crippen LogP contribution in [0.15, 0.2) is 101 Å². The molecular weight excluding hydrogens is 710 g/mol. The second-order valence-corrected chi connectivity index (χ2v) is 13.5. The number of pyridine rings is 1. The van der Waals surface area contributed by atoms with E-state index in [0.29, 0.717) is 55.8 Å². The predicted octanol–water partition coefficient (Wildman–Crippen LogP) is 8.71. The molecule has 0 aliphatic carbocycles. The van der Waals surface area contributed by atoms with Crippen molar-refractivity contribution in [2.75, 3.05) is 33.4 Å². The summed E-state index contributed by atoms with van der Waals surface area (Å²) in [5.41, 5.74) is -3.86. The highest BCUT2D eigenvalue weighted by molar-refractivity contribution is 7.98. The summed E-state index contributed by atoms with van der Waals surface area (Å²) in [7, 11) is 1.60. The first kappa shape index (κ1) is 30.9. The van der Waals surface area contributed by atoms with E-state index in [1.807, 2.05) is 0 Å². The molecule has 0 spiro atoms. The van der Waals surface area contributed by atoms with Gasteiger partial charge in [0, 0.05) is 64.8 Å². The first-order valence-electron chi connectivity index (χ1n) is 19.9. The van der Waals surface area contributed by atoms with Gasteiger partial charge in [0.2, 0.25) is 5.91 Å². The number of ether oxygens (including phenoxy) is 1.